The third-order valence-corrected chi connectivity index (χ3v) is 3.42. The van der Waals surface area contributed by atoms with E-state index in [1.54, 1.807) is 12.1 Å². The monoisotopic (exact) mass is 244 g/mol. The Morgan fingerprint density at radius 3 is 2.75 bits per heavy atom. The number of benzene rings is 1. The molecule has 0 saturated carbocycles. The summed E-state index contributed by atoms with van der Waals surface area (Å²) in [5.74, 6) is -2.38. The van der Waals surface area contributed by atoms with Crippen molar-refractivity contribution in [2.75, 3.05) is 18.0 Å². The topological polar surface area (TPSA) is 29.3 Å². The minimum atomic E-state index is -2.38. The fraction of sp³-hybridized carbons (Fsp3) is 0.455. The van der Waals surface area contributed by atoms with Gasteiger partial charge in [-0.05, 0) is 18.6 Å². The largest absolute Gasteiger partial charge is 0.369 e. The Kier molecular flexibility index (Phi) is 3.66. The zero-order chi connectivity index (χ0) is 11.5. The predicted molar refractivity (Wildman–Crippen MR) is 63.1 cm³/mol. The molecule has 0 bridgehead atoms. The average Bonchev–Trinajstić information content (AvgIpc) is 2.65. The van der Waals surface area contributed by atoms with Crippen LogP contribution in [0.1, 0.15) is 6.42 Å². The number of hydrogen-bond acceptors (Lipinski definition) is 3. The summed E-state index contributed by atoms with van der Waals surface area (Å²) in [4.78, 5) is 2.71. The van der Waals surface area contributed by atoms with Gasteiger partial charge in [-0.2, -0.15) is 8.78 Å². The number of thioether (sulfide) groups is 1. The molecule has 1 saturated heterocycles. The Bertz CT molecular complexity index is 360. The lowest BCUT2D eigenvalue weighted by Crippen LogP contribution is -2.26. The fourth-order valence-corrected chi connectivity index (χ4v) is 2.59. The summed E-state index contributed by atoms with van der Waals surface area (Å²) >= 11 is 0.597. The third-order valence-electron chi connectivity index (χ3n) is 2.65. The van der Waals surface area contributed by atoms with Crippen molar-refractivity contribution in [1.82, 2.24) is 0 Å². The van der Waals surface area contributed by atoms with Crippen LogP contribution in [0.5, 0.6) is 0 Å². The highest BCUT2D eigenvalue weighted by Gasteiger charge is 2.22. The second-order valence-corrected chi connectivity index (χ2v) is 4.87. The van der Waals surface area contributed by atoms with E-state index in [1.165, 1.54) is 0 Å². The van der Waals surface area contributed by atoms with Crippen LogP contribution >= 0.6 is 11.8 Å². The Balaban J connectivity index is 2.19. The summed E-state index contributed by atoms with van der Waals surface area (Å²) in [6.45, 7) is 1.60. The molecule has 1 aromatic carbocycles. The summed E-state index contributed by atoms with van der Waals surface area (Å²) in [5, 5.41) is 0. The standard InChI is InChI=1S/C11H14F2N2S/c12-11(13)16-10-4-2-1-3-9(10)15-6-5-8(14)7-15/h1-4,8,11H,5-7,14H2. The van der Waals surface area contributed by atoms with Crippen molar-refractivity contribution >= 4 is 17.4 Å². The predicted octanol–water partition coefficient (Wildman–Crippen LogP) is 2.54. The van der Waals surface area contributed by atoms with Crippen LogP contribution in [0.15, 0.2) is 29.2 Å². The lowest BCUT2D eigenvalue weighted by atomic mass is 10.3. The van der Waals surface area contributed by atoms with E-state index in [2.05, 4.69) is 4.90 Å². The lowest BCUT2D eigenvalue weighted by molar-refractivity contribution is 0.252. The van der Waals surface area contributed by atoms with Crippen LogP contribution in [0.4, 0.5) is 14.5 Å². The van der Waals surface area contributed by atoms with Gasteiger partial charge in [0.1, 0.15) is 0 Å². The molecule has 1 fully saturated rings. The van der Waals surface area contributed by atoms with Crippen LogP contribution in [-0.4, -0.2) is 24.9 Å². The van der Waals surface area contributed by atoms with E-state index in [0.717, 1.165) is 25.2 Å². The summed E-state index contributed by atoms with van der Waals surface area (Å²) in [5.41, 5.74) is 6.69. The van der Waals surface area contributed by atoms with Gasteiger partial charge >= 0.3 is 0 Å². The van der Waals surface area contributed by atoms with E-state index < -0.39 is 5.76 Å². The first-order valence-corrected chi connectivity index (χ1v) is 6.09. The van der Waals surface area contributed by atoms with Crippen molar-refractivity contribution in [2.45, 2.75) is 23.1 Å². The van der Waals surface area contributed by atoms with E-state index in [0.29, 0.717) is 16.7 Å². The number of rotatable bonds is 3. The molecule has 2 rings (SSSR count). The van der Waals surface area contributed by atoms with Gasteiger partial charge in [0.15, 0.2) is 0 Å². The van der Waals surface area contributed by atoms with Crippen LogP contribution in [-0.2, 0) is 0 Å². The van der Waals surface area contributed by atoms with Gasteiger partial charge in [0.25, 0.3) is 5.76 Å². The van der Waals surface area contributed by atoms with Crippen molar-refractivity contribution in [3.8, 4) is 0 Å². The molecule has 1 heterocycles. The molecule has 1 aliphatic heterocycles. The molecular formula is C11H14F2N2S. The summed E-state index contributed by atoms with van der Waals surface area (Å²) < 4.78 is 24.8. The molecule has 1 aromatic rings. The smallest absolute Gasteiger partial charge is 0.288 e. The number of hydrogen-bond donors (Lipinski definition) is 1. The molecule has 0 aliphatic carbocycles. The van der Waals surface area contributed by atoms with Crippen LogP contribution in [0, 0.1) is 0 Å². The number of nitrogens with zero attached hydrogens (tertiary/aromatic N) is 1. The quantitative estimate of drug-likeness (QED) is 0.828. The van der Waals surface area contributed by atoms with Gasteiger partial charge in [-0.25, -0.2) is 0 Å². The van der Waals surface area contributed by atoms with E-state index >= 15 is 0 Å². The molecular weight excluding hydrogens is 230 g/mol. The first kappa shape index (κ1) is 11.7. The molecule has 16 heavy (non-hydrogen) atoms. The Morgan fingerprint density at radius 2 is 2.12 bits per heavy atom. The zero-order valence-electron chi connectivity index (χ0n) is 8.77. The molecule has 1 atom stereocenters. The average molecular weight is 244 g/mol. The van der Waals surface area contributed by atoms with Gasteiger partial charge in [-0.1, -0.05) is 23.9 Å². The maximum atomic E-state index is 12.4. The fourth-order valence-electron chi connectivity index (χ4n) is 1.92. The van der Waals surface area contributed by atoms with Crippen LogP contribution in [0.2, 0.25) is 0 Å². The van der Waals surface area contributed by atoms with E-state index in [4.69, 9.17) is 5.73 Å². The number of anilines is 1. The van der Waals surface area contributed by atoms with Gasteiger partial charge < -0.3 is 10.6 Å². The summed E-state index contributed by atoms with van der Waals surface area (Å²) in [6, 6.07) is 7.42. The van der Waals surface area contributed by atoms with Crippen molar-refractivity contribution < 1.29 is 8.78 Å². The van der Waals surface area contributed by atoms with Gasteiger partial charge in [-0.3, -0.25) is 0 Å². The summed E-state index contributed by atoms with van der Waals surface area (Å²) in [7, 11) is 0. The molecule has 0 amide bonds. The molecule has 1 unspecified atom stereocenters. The Labute approximate surface area is 97.8 Å². The number of para-hydroxylation sites is 1. The zero-order valence-corrected chi connectivity index (χ0v) is 9.59. The van der Waals surface area contributed by atoms with Gasteiger partial charge in [0, 0.05) is 24.0 Å². The molecule has 1 aliphatic rings. The molecule has 88 valence electrons. The van der Waals surface area contributed by atoms with Gasteiger partial charge in [0.05, 0.1) is 5.69 Å². The minimum Gasteiger partial charge on any atom is -0.369 e. The third kappa shape index (κ3) is 2.65. The van der Waals surface area contributed by atoms with Crippen molar-refractivity contribution in [3.05, 3.63) is 24.3 Å². The number of nitrogens with two attached hydrogens (primary N) is 1. The first-order valence-electron chi connectivity index (χ1n) is 5.21. The number of alkyl halides is 2. The second kappa shape index (κ2) is 5.01. The minimum absolute atomic E-state index is 0.157. The first-order chi connectivity index (χ1) is 7.66. The normalized spacial score (nSPS) is 20.8. The lowest BCUT2D eigenvalue weighted by Gasteiger charge is -2.21. The molecule has 0 spiro atoms. The second-order valence-electron chi connectivity index (χ2n) is 3.84. The Hall–Kier alpha value is -0.810. The summed E-state index contributed by atoms with van der Waals surface area (Å²) in [6.07, 6.45) is 0.924. The van der Waals surface area contributed by atoms with Crippen molar-refractivity contribution in [3.63, 3.8) is 0 Å². The molecule has 0 aromatic heterocycles. The molecule has 5 heteroatoms. The SMILES string of the molecule is NC1CCN(c2ccccc2SC(F)F)C1. The van der Waals surface area contributed by atoms with E-state index in [9.17, 15) is 8.78 Å². The maximum absolute atomic E-state index is 12.4. The van der Waals surface area contributed by atoms with E-state index in [-0.39, 0.29) is 6.04 Å². The van der Waals surface area contributed by atoms with Crippen molar-refractivity contribution in [1.29, 1.82) is 0 Å². The Morgan fingerprint density at radius 1 is 1.38 bits per heavy atom. The van der Waals surface area contributed by atoms with Gasteiger partial charge in [-0.15, -0.1) is 0 Å². The number of halogens is 2. The highest BCUT2D eigenvalue weighted by molar-refractivity contribution is 7.99. The van der Waals surface area contributed by atoms with Crippen molar-refractivity contribution in [2.24, 2.45) is 5.73 Å². The van der Waals surface area contributed by atoms with Gasteiger partial charge in [0.2, 0.25) is 0 Å². The van der Waals surface area contributed by atoms with Crippen LogP contribution in [0.3, 0.4) is 0 Å². The maximum Gasteiger partial charge on any atom is 0.288 e. The van der Waals surface area contributed by atoms with E-state index in [1.807, 2.05) is 12.1 Å². The van der Waals surface area contributed by atoms with Crippen LogP contribution < -0.4 is 10.6 Å². The van der Waals surface area contributed by atoms with Crippen LogP contribution in [0.25, 0.3) is 0 Å². The molecule has 2 nitrogen and oxygen atoms in total. The highest BCUT2D eigenvalue weighted by Crippen LogP contribution is 2.35. The molecule has 0 radical (unpaired) electrons. The molecule has 2 N–H and O–H groups in total. The highest BCUT2D eigenvalue weighted by atomic mass is 32.2.